The highest BCUT2D eigenvalue weighted by molar-refractivity contribution is 5.93. The summed E-state index contributed by atoms with van der Waals surface area (Å²) in [4.78, 5) is 20.6. The van der Waals surface area contributed by atoms with Crippen molar-refractivity contribution in [3.05, 3.63) is 77.6 Å². The number of rotatable bonds is 9. The van der Waals surface area contributed by atoms with Crippen LogP contribution < -0.4 is 20.1 Å². The molecular weight excluding hydrogens is 368 g/mol. The Balaban J connectivity index is 1.40. The van der Waals surface area contributed by atoms with Gasteiger partial charge in [0.15, 0.2) is 0 Å². The molecule has 2 N–H and O–H groups in total. The highest BCUT2D eigenvalue weighted by Crippen LogP contribution is 2.16. The van der Waals surface area contributed by atoms with Gasteiger partial charge in [-0.25, -0.2) is 9.97 Å². The maximum absolute atomic E-state index is 12.2. The third kappa shape index (κ3) is 6.21. The molecule has 0 saturated carbocycles. The molecule has 0 bridgehead atoms. The van der Waals surface area contributed by atoms with Crippen molar-refractivity contribution < 1.29 is 14.3 Å². The predicted molar refractivity (Wildman–Crippen MR) is 111 cm³/mol. The van der Waals surface area contributed by atoms with Gasteiger partial charge >= 0.3 is 0 Å². The van der Waals surface area contributed by atoms with Crippen LogP contribution in [-0.4, -0.2) is 36.1 Å². The van der Waals surface area contributed by atoms with Crippen molar-refractivity contribution in [3.63, 3.8) is 0 Å². The Morgan fingerprint density at radius 3 is 2.28 bits per heavy atom. The van der Waals surface area contributed by atoms with Crippen molar-refractivity contribution in [2.45, 2.75) is 13.5 Å². The zero-order valence-electron chi connectivity index (χ0n) is 16.5. The summed E-state index contributed by atoms with van der Waals surface area (Å²) >= 11 is 0. The lowest BCUT2D eigenvalue weighted by molar-refractivity contribution is 0.0946. The van der Waals surface area contributed by atoms with Crippen molar-refractivity contribution in [1.82, 2.24) is 15.3 Å². The second-order valence-corrected chi connectivity index (χ2v) is 6.41. The molecule has 1 heterocycles. The van der Waals surface area contributed by atoms with Gasteiger partial charge in [0.1, 0.15) is 18.1 Å². The van der Waals surface area contributed by atoms with Crippen molar-refractivity contribution in [1.29, 1.82) is 0 Å². The molecule has 0 spiro atoms. The minimum atomic E-state index is -0.242. The Labute approximate surface area is 170 Å². The smallest absolute Gasteiger partial charge is 0.254 e. The predicted octanol–water partition coefficient (Wildman–Crippen LogP) is 3.21. The van der Waals surface area contributed by atoms with Crippen LogP contribution in [0.1, 0.15) is 21.5 Å². The van der Waals surface area contributed by atoms with Gasteiger partial charge < -0.3 is 20.1 Å². The molecule has 7 nitrogen and oxygen atoms in total. The molecule has 0 fully saturated rings. The number of hydrogen-bond donors (Lipinski definition) is 2. The first-order valence-electron chi connectivity index (χ1n) is 9.30. The molecule has 3 aromatic rings. The van der Waals surface area contributed by atoms with Crippen molar-refractivity contribution in [2.24, 2.45) is 0 Å². The fourth-order valence-electron chi connectivity index (χ4n) is 2.53. The number of benzene rings is 2. The summed E-state index contributed by atoms with van der Waals surface area (Å²) in [6.45, 7) is 3.40. The standard InChI is InChI=1S/C22H24N4O3/c1-16-3-5-17(6-4-16)13-24-22-25-14-18(15-26-22)21(27)23-11-12-29-20-9-7-19(28-2)8-10-20/h3-10,14-15H,11-13H2,1-2H3,(H,23,27)(H,24,25,26). The van der Waals surface area contributed by atoms with Gasteiger partial charge in [-0.3, -0.25) is 4.79 Å². The number of aromatic nitrogens is 2. The second-order valence-electron chi connectivity index (χ2n) is 6.41. The lowest BCUT2D eigenvalue weighted by Gasteiger charge is -2.09. The highest BCUT2D eigenvalue weighted by atomic mass is 16.5. The molecule has 1 aromatic heterocycles. The summed E-state index contributed by atoms with van der Waals surface area (Å²) in [6, 6.07) is 15.5. The van der Waals surface area contributed by atoms with Crippen LogP contribution in [0.2, 0.25) is 0 Å². The Bertz CT molecular complexity index is 910. The summed E-state index contributed by atoms with van der Waals surface area (Å²) in [5, 5.41) is 5.93. The van der Waals surface area contributed by atoms with Crippen molar-refractivity contribution in [3.8, 4) is 11.5 Å². The number of aryl methyl sites for hydroxylation is 1. The summed E-state index contributed by atoms with van der Waals surface area (Å²) < 4.78 is 10.7. The number of nitrogens with one attached hydrogen (secondary N) is 2. The molecule has 29 heavy (non-hydrogen) atoms. The molecule has 0 unspecified atom stereocenters. The summed E-state index contributed by atoms with van der Waals surface area (Å²) in [5.74, 6) is 1.72. The first-order valence-corrected chi connectivity index (χ1v) is 9.30. The summed E-state index contributed by atoms with van der Waals surface area (Å²) in [7, 11) is 1.61. The molecule has 0 aliphatic rings. The summed E-state index contributed by atoms with van der Waals surface area (Å²) in [5.41, 5.74) is 2.75. The maximum atomic E-state index is 12.2. The number of carbonyl (C=O) groups excluding carboxylic acids is 1. The number of amides is 1. The number of carbonyl (C=O) groups is 1. The normalized spacial score (nSPS) is 10.3. The number of anilines is 1. The van der Waals surface area contributed by atoms with E-state index in [0.29, 0.717) is 37.0 Å². The maximum Gasteiger partial charge on any atom is 0.254 e. The van der Waals surface area contributed by atoms with E-state index in [1.54, 1.807) is 7.11 Å². The van der Waals surface area contributed by atoms with E-state index in [1.807, 2.05) is 24.3 Å². The van der Waals surface area contributed by atoms with E-state index in [4.69, 9.17) is 9.47 Å². The van der Waals surface area contributed by atoms with Gasteiger partial charge in [0.25, 0.3) is 5.91 Å². The molecule has 0 saturated heterocycles. The van der Waals surface area contributed by atoms with Gasteiger partial charge in [-0.2, -0.15) is 0 Å². The van der Waals surface area contributed by atoms with Crippen LogP contribution in [0.25, 0.3) is 0 Å². The van der Waals surface area contributed by atoms with E-state index in [-0.39, 0.29) is 5.91 Å². The Kier molecular flexibility index (Phi) is 7.00. The number of hydrogen-bond acceptors (Lipinski definition) is 6. The number of nitrogens with zero attached hydrogens (tertiary/aromatic N) is 2. The Morgan fingerprint density at radius 2 is 1.62 bits per heavy atom. The van der Waals surface area contributed by atoms with E-state index < -0.39 is 0 Å². The first-order chi connectivity index (χ1) is 14.1. The van der Waals surface area contributed by atoms with Gasteiger partial charge in [0, 0.05) is 18.9 Å². The van der Waals surface area contributed by atoms with Crippen LogP contribution in [0, 0.1) is 6.92 Å². The van der Waals surface area contributed by atoms with E-state index in [1.165, 1.54) is 18.0 Å². The molecule has 0 aliphatic carbocycles. The molecule has 0 radical (unpaired) electrons. The second kappa shape index (κ2) is 10.1. The van der Waals surface area contributed by atoms with Crippen LogP contribution >= 0.6 is 0 Å². The third-order valence-corrected chi connectivity index (χ3v) is 4.20. The zero-order valence-corrected chi connectivity index (χ0v) is 16.5. The fourth-order valence-corrected chi connectivity index (χ4v) is 2.53. The van der Waals surface area contributed by atoms with Crippen molar-refractivity contribution in [2.75, 3.05) is 25.6 Å². The summed E-state index contributed by atoms with van der Waals surface area (Å²) in [6.07, 6.45) is 3.01. The van der Waals surface area contributed by atoms with Crippen LogP contribution in [0.15, 0.2) is 60.9 Å². The Morgan fingerprint density at radius 1 is 0.966 bits per heavy atom. The average molecular weight is 392 g/mol. The van der Waals surface area contributed by atoms with E-state index in [0.717, 1.165) is 11.3 Å². The van der Waals surface area contributed by atoms with Crippen LogP contribution in [0.5, 0.6) is 11.5 Å². The Hall–Kier alpha value is -3.61. The van der Waals surface area contributed by atoms with Crippen LogP contribution in [0.3, 0.4) is 0 Å². The van der Waals surface area contributed by atoms with E-state index >= 15 is 0 Å². The monoisotopic (exact) mass is 392 g/mol. The molecular formula is C22H24N4O3. The average Bonchev–Trinajstić information content (AvgIpc) is 2.77. The molecule has 0 atom stereocenters. The molecule has 7 heteroatoms. The SMILES string of the molecule is COc1ccc(OCCNC(=O)c2cnc(NCc3ccc(C)cc3)nc2)cc1. The lowest BCUT2D eigenvalue weighted by Crippen LogP contribution is -2.28. The van der Waals surface area contributed by atoms with Gasteiger partial charge in [0.05, 0.1) is 19.2 Å². The van der Waals surface area contributed by atoms with E-state index in [2.05, 4.69) is 51.8 Å². The molecule has 2 aromatic carbocycles. The van der Waals surface area contributed by atoms with Crippen LogP contribution in [-0.2, 0) is 6.54 Å². The molecule has 0 aliphatic heterocycles. The van der Waals surface area contributed by atoms with Gasteiger partial charge in [0.2, 0.25) is 5.95 Å². The largest absolute Gasteiger partial charge is 0.497 e. The van der Waals surface area contributed by atoms with E-state index in [9.17, 15) is 4.79 Å². The van der Waals surface area contributed by atoms with Gasteiger partial charge in [-0.1, -0.05) is 29.8 Å². The fraction of sp³-hybridized carbons (Fsp3) is 0.227. The minimum absolute atomic E-state index is 0.242. The molecule has 1 amide bonds. The topological polar surface area (TPSA) is 85.4 Å². The van der Waals surface area contributed by atoms with Gasteiger partial charge in [-0.05, 0) is 36.8 Å². The zero-order chi connectivity index (χ0) is 20.5. The van der Waals surface area contributed by atoms with Crippen molar-refractivity contribution >= 4 is 11.9 Å². The quantitative estimate of drug-likeness (QED) is 0.544. The molecule has 150 valence electrons. The van der Waals surface area contributed by atoms with Crippen LogP contribution in [0.4, 0.5) is 5.95 Å². The van der Waals surface area contributed by atoms with Gasteiger partial charge in [-0.15, -0.1) is 0 Å². The number of methoxy groups -OCH3 is 1. The highest BCUT2D eigenvalue weighted by Gasteiger charge is 2.07. The third-order valence-electron chi connectivity index (χ3n) is 4.20. The lowest BCUT2D eigenvalue weighted by atomic mass is 10.1. The minimum Gasteiger partial charge on any atom is -0.497 e. The first kappa shape index (κ1) is 20.1. The molecule has 3 rings (SSSR count). The number of ether oxygens (including phenoxy) is 2.